The van der Waals surface area contributed by atoms with Gasteiger partial charge in [0.25, 0.3) is 0 Å². The van der Waals surface area contributed by atoms with Gasteiger partial charge in [-0.1, -0.05) is 34.1 Å². The van der Waals surface area contributed by atoms with Crippen molar-refractivity contribution >= 4 is 30.4 Å². The average Bonchev–Trinajstić information content (AvgIpc) is 2.47. The number of rotatable bonds is 9. The van der Waals surface area contributed by atoms with E-state index in [2.05, 4.69) is 23.3 Å². The lowest BCUT2D eigenvalue weighted by molar-refractivity contribution is -0.144. The molecule has 0 bridgehead atoms. The van der Waals surface area contributed by atoms with E-state index >= 15 is 0 Å². The summed E-state index contributed by atoms with van der Waals surface area (Å²) in [6.45, 7) is 7.12. The van der Waals surface area contributed by atoms with Gasteiger partial charge in [0.05, 0.1) is 6.04 Å². The molecule has 8 heteroatoms. The Labute approximate surface area is 136 Å². The van der Waals surface area contributed by atoms with Crippen molar-refractivity contribution in [1.82, 2.24) is 10.6 Å². The number of carbonyl (C=O) groups is 3. The molecular formula is C14H27N3O4S. The third-order valence-electron chi connectivity index (χ3n) is 3.56. The molecule has 0 aliphatic carbocycles. The van der Waals surface area contributed by atoms with E-state index in [0.717, 1.165) is 0 Å². The number of amides is 2. The molecule has 0 rings (SSSR count). The summed E-state index contributed by atoms with van der Waals surface area (Å²) in [7, 11) is 0. The molecule has 5 N–H and O–H groups in total. The zero-order valence-electron chi connectivity index (χ0n) is 13.5. The second-order valence-corrected chi connectivity index (χ2v) is 6.09. The zero-order chi connectivity index (χ0) is 17.4. The molecule has 7 nitrogen and oxygen atoms in total. The fourth-order valence-electron chi connectivity index (χ4n) is 1.80. The van der Waals surface area contributed by atoms with Crippen molar-refractivity contribution in [3.05, 3.63) is 0 Å². The molecule has 0 fully saturated rings. The summed E-state index contributed by atoms with van der Waals surface area (Å²) in [5.41, 5.74) is 5.57. The van der Waals surface area contributed by atoms with E-state index in [1.807, 2.05) is 6.92 Å². The van der Waals surface area contributed by atoms with Crippen molar-refractivity contribution in [3.63, 3.8) is 0 Å². The molecule has 22 heavy (non-hydrogen) atoms. The second kappa shape index (κ2) is 9.68. The molecule has 4 unspecified atom stereocenters. The van der Waals surface area contributed by atoms with Gasteiger partial charge in [0, 0.05) is 5.75 Å². The monoisotopic (exact) mass is 333 g/mol. The summed E-state index contributed by atoms with van der Waals surface area (Å²) in [4.78, 5) is 35.4. The minimum atomic E-state index is -1.09. The third-order valence-corrected chi connectivity index (χ3v) is 3.95. The highest BCUT2D eigenvalue weighted by molar-refractivity contribution is 7.80. The Kier molecular flexibility index (Phi) is 9.12. The smallest absolute Gasteiger partial charge is 0.326 e. The van der Waals surface area contributed by atoms with Crippen LogP contribution in [-0.4, -0.2) is 46.8 Å². The molecule has 0 aromatic heterocycles. The molecule has 128 valence electrons. The fraction of sp³-hybridized carbons (Fsp3) is 0.786. The van der Waals surface area contributed by atoms with Crippen molar-refractivity contribution < 1.29 is 19.5 Å². The summed E-state index contributed by atoms with van der Waals surface area (Å²) in [5, 5.41) is 14.3. The largest absolute Gasteiger partial charge is 0.480 e. The number of hydrogen-bond donors (Lipinski definition) is 5. The van der Waals surface area contributed by atoms with E-state index in [9.17, 15) is 19.5 Å². The van der Waals surface area contributed by atoms with Crippen LogP contribution in [0.5, 0.6) is 0 Å². The Hall–Kier alpha value is -1.28. The average molecular weight is 333 g/mol. The first-order chi connectivity index (χ1) is 10.1. The lowest BCUT2D eigenvalue weighted by atomic mass is 9.97. The standard InChI is InChI=1S/C14H27N3O4S/c1-5-8(4)11(14(20)21)17-13(19)10(7(2)3)16-12(18)9(15)6-22/h7-11,22H,5-6,15H2,1-4H3,(H,16,18)(H,17,19)(H,20,21). The van der Waals surface area contributed by atoms with Crippen LogP contribution in [0.1, 0.15) is 34.1 Å². The summed E-state index contributed by atoms with van der Waals surface area (Å²) in [5.74, 6) is -2.37. The van der Waals surface area contributed by atoms with Crippen molar-refractivity contribution in [2.75, 3.05) is 5.75 Å². The Bertz CT molecular complexity index is 404. The Balaban J connectivity index is 4.99. The number of hydrogen-bond acceptors (Lipinski definition) is 5. The SMILES string of the molecule is CCC(C)C(NC(=O)C(NC(=O)C(N)CS)C(C)C)C(=O)O. The minimum absolute atomic E-state index is 0.156. The van der Waals surface area contributed by atoms with E-state index in [0.29, 0.717) is 6.42 Å². The zero-order valence-corrected chi connectivity index (χ0v) is 14.4. The Morgan fingerprint density at radius 1 is 1.09 bits per heavy atom. The molecule has 0 aliphatic rings. The van der Waals surface area contributed by atoms with E-state index < -0.39 is 35.9 Å². The van der Waals surface area contributed by atoms with Crippen LogP contribution in [0.25, 0.3) is 0 Å². The molecule has 0 heterocycles. The van der Waals surface area contributed by atoms with Crippen LogP contribution in [-0.2, 0) is 14.4 Å². The van der Waals surface area contributed by atoms with Crippen LogP contribution in [0, 0.1) is 11.8 Å². The first kappa shape index (κ1) is 20.7. The predicted octanol–water partition coefficient (Wildman–Crippen LogP) is -0.000200. The molecule has 2 amide bonds. The quantitative estimate of drug-likeness (QED) is 0.380. The van der Waals surface area contributed by atoms with Crippen LogP contribution >= 0.6 is 12.6 Å². The maximum atomic E-state index is 12.3. The molecule has 0 aromatic carbocycles. The van der Waals surface area contributed by atoms with Crippen LogP contribution in [0.15, 0.2) is 0 Å². The van der Waals surface area contributed by atoms with Crippen LogP contribution in [0.2, 0.25) is 0 Å². The Morgan fingerprint density at radius 2 is 1.59 bits per heavy atom. The summed E-state index contributed by atoms with van der Waals surface area (Å²) < 4.78 is 0. The molecule has 0 radical (unpaired) electrons. The first-order valence-corrected chi connectivity index (χ1v) is 7.98. The molecule has 4 atom stereocenters. The number of thiol groups is 1. The molecular weight excluding hydrogens is 306 g/mol. The normalized spacial score (nSPS) is 16.5. The molecule has 0 saturated heterocycles. The number of carboxylic acids is 1. The predicted molar refractivity (Wildman–Crippen MR) is 87.6 cm³/mol. The highest BCUT2D eigenvalue weighted by atomic mass is 32.1. The van der Waals surface area contributed by atoms with Gasteiger partial charge in [-0.05, 0) is 11.8 Å². The summed E-state index contributed by atoms with van der Waals surface area (Å²) in [6.07, 6.45) is 0.612. The number of nitrogens with two attached hydrogens (primary N) is 1. The van der Waals surface area contributed by atoms with Gasteiger partial charge in [-0.25, -0.2) is 4.79 Å². The summed E-state index contributed by atoms with van der Waals surface area (Å²) in [6, 6.07) is -2.65. The van der Waals surface area contributed by atoms with Crippen molar-refractivity contribution in [1.29, 1.82) is 0 Å². The van der Waals surface area contributed by atoms with E-state index in [4.69, 9.17) is 5.73 Å². The number of carbonyl (C=O) groups excluding carboxylic acids is 2. The van der Waals surface area contributed by atoms with Crippen LogP contribution in [0.4, 0.5) is 0 Å². The van der Waals surface area contributed by atoms with Gasteiger partial charge in [-0.3, -0.25) is 9.59 Å². The maximum absolute atomic E-state index is 12.3. The van der Waals surface area contributed by atoms with Gasteiger partial charge in [0.15, 0.2) is 0 Å². The van der Waals surface area contributed by atoms with Gasteiger partial charge in [0.2, 0.25) is 11.8 Å². The third kappa shape index (κ3) is 6.23. The molecule has 0 saturated carbocycles. The Morgan fingerprint density at radius 3 is 1.95 bits per heavy atom. The lowest BCUT2D eigenvalue weighted by Gasteiger charge is -2.27. The topological polar surface area (TPSA) is 122 Å². The maximum Gasteiger partial charge on any atom is 0.326 e. The van der Waals surface area contributed by atoms with Crippen molar-refractivity contribution in [2.24, 2.45) is 17.6 Å². The number of aliphatic carboxylic acids is 1. The highest BCUT2D eigenvalue weighted by Crippen LogP contribution is 2.10. The van der Waals surface area contributed by atoms with Gasteiger partial charge in [-0.2, -0.15) is 12.6 Å². The fourth-order valence-corrected chi connectivity index (χ4v) is 1.97. The van der Waals surface area contributed by atoms with Crippen molar-refractivity contribution in [3.8, 4) is 0 Å². The number of nitrogens with one attached hydrogen (secondary N) is 2. The molecule has 0 spiro atoms. The number of carboxylic acid groups (broad SMARTS) is 1. The summed E-state index contributed by atoms with van der Waals surface area (Å²) >= 11 is 3.94. The van der Waals surface area contributed by atoms with Crippen LogP contribution < -0.4 is 16.4 Å². The molecule has 0 aliphatic heterocycles. The van der Waals surface area contributed by atoms with Crippen molar-refractivity contribution in [2.45, 2.75) is 52.2 Å². The van der Waals surface area contributed by atoms with Gasteiger partial charge in [0.1, 0.15) is 12.1 Å². The van der Waals surface area contributed by atoms with Crippen LogP contribution in [0.3, 0.4) is 0 Å². The van der Waals surface area contributed by atoms with E-state index in [1.54, 1.807) is 20.8 Å². The lowest BCUT2D eigenvalue weighted by Crippen LogP contribution is -2.57. The first-order valence-electron chi connectivity index (χ1n) is 7.35. The minimum Gasteiger partial charge on any atom is -0.480 e. The van der Waals surface area contributed by atoms with Gasteiger partial charge >= 0.3 is 5.97 Å². The van der Waals surface area contributed by atoms with E-state index in [-0.39, 0.29) is 17.6 Å². The van der Waals surface area contributed by atoms with E-state index in [1.165, 1.54) is 0 Å². The van der Waals surface area contributed by atoms with Gasteiger partial charge in [-0.15, -0.1) is 0 Å². The molecule has 0 aromatic rings. The van der Waals surface area contributed by atoms with Gasteiger partial charge < -0.3 is 21.5 Å². The highest BCUT2D eigenvalue weighted by Gasteiger charge is 2.31. The second-order valence-electron chi connectivity index (χ2n) is 5.73.